The Labute approximate surface area is 175 Å². The van der Waals surface area contributed by atoms with Gasteiger partial charge in [-0.05, 0) is 56.5 Å². The number of ether oxygens (including phenoxy) is 2. The number of anilines is 1. The van der Waals surface area contributed by atoms with Gasteiger partial charge in [-0.15, -0.1) is 0 Å². The van der Waals surface area contributed by atoms with E-state index in [1.54, 1.807) is 36.4 Å². The molecule has 0 unspecified atom stereocenters. The molecular formula is C22H25ClN2O4. The molecule has 0 aliphatic heterocycles. The number of hydrogen-bond acceptors (Lipinski definition) is 4. The van der Waals surface area contributed by atoms with E-state index in [0.717, 1.165) is 19.3 Å². The molecule has 1 saturated carbocycles. The summed E-state index contributed by atoms with van der Waals surface area (Å²) in [5, 5.41) is 6.05. The van der Waals surface area contributed by atoms with Crippen LogP contribution in [0.3, 0.4) is 0 Å². The van der Waals surface area contributed by atoms with E-state index in [9.17, 15) is 9.59 Å². The van der Waals surface area contributed by atoms with E-state index in [1.807, 2.05) is 13.8 Å². The van der Waals surface area contributed by atoms with Gasteiger partial charge >= 0.3 is 0 Å². The Morgan fingerprint density at radius 3 is 2.55 bits per heavy atom. The third-order valence-corrected chi connectivity index (χ3v) is 4.60. The molecule has 2 amide bonds. The Morgan fingerprint density at radius 1 is 1.07 bits per heavy atom. The van der Waals surface area contributed by atoms with Gasteiger partial charge in [-0.1, -0.05) is 24.6 Å². The minimum absolute atomic E-state index is 0.136. The van der Waals surface area contributed by atoms with Crippen LogP contribution in [0.2, 0.25) is 5.02 Å². The van der Waals surface area contributed by atoms with Crippen LogP contribution in [-0.4, -0.2) is 31.1 Å². The first-order chi connectivity index (χ1) is 14.0. The van der Waals surface area contributed by atoms with Gasteiger partial charge in [-0.3, -0.25) is 9.59 Å². The zero-order valence-corrected chi connectivity index (χ0v) is 17.3. The zero-order valence-electron chi connectivity index (χ0n) is 16.6. The third-order valence-electron chi connectivity index (χ3n) is 4.32. The van der Waals surface area contributed by atoms with Gasteiger partial charge < -0.3 is 20.1 Å². The van der Waals surface area contributed by atoms with Crippen molar-refractivity contribution in [1.29, 1.82) is 0 Å². The minimum atomic E-state index is -0.352. The summed E-state index contributed by atoms with van der Waals surface area (Å²) in [4.78, 5) is 25.0. The van der Waals surface area contributed by atoms with Gasteiger partial charge in [-0.2, -0.15) is 0 Å². The fraction of sp³-hybridized carbons (Fsp3) is 0.364. The Hall–Kier alpha value is -2.73. The SMILES string of the molecule is CCCOc1c(Cl)cc(C(=O)Nc2cccc(C(=O)NC3CC3)c2)cc1OCC. The van der Waals surface area contributed by atoms with Gasteiger partial charge in [0, 0.05) is 22.9 Å². The second kappa shape index (κ2) is 9.65. The van der Waals surface area contributed by atoms with Gasteiger partial charge in [0.1, 0.15) is 0 Å². The quantitative estimate of drug-likeness (QED) is 0.622. The summed E-state index contributed by atoms with van der Waals surface area (Å²) in [6, 6.07) is 10.3. The first-order valence-electron chi connectivity index (χ1n) is 9.83. The number of carbonyl (C=O) groups is 2. The van der Waals surface area contributed by atoms with Crippen molar-refractivity contribution in [3.05, 3.63) is 52.5 Å². The molecule has 0 atom stereocenters. The summed E-state index contributed by atoms with van der Waals surface area (Å²) in [6.07, 6.45) is 2.86. The number of rotatable bonds is 9. The number of amides is 2. The standard InChI is InChI=1S/C22H25ClN2O4/c1-3-10-29-20-18(23)12-15(13-19(20)28-4-2)22(27)25-17-7-5-6-14(11-17)21(26)24-16-8-9-16/h5-7,11-13,16H,3-4,8-10H2,1-2H3,(H,24,26)(H,25,27). The number of nitrogens with one attached hydrogen (secondary N) is 2. The van der Waals surface area contributed by atoms with Crippen LogP contribution < -0.4 is 20.1 Å². The molecule has 1 fully saturated rings. The summed E-state index contributed by atoms with van der Waals surface area (Å²) in [5.74, 6) is 0.374. The fourth-order valence-electron chi connectivity index (χ4n) is 2.74. The third kappa shape index (κ3) is 5.64. The second-order valence-electron chi connectivity index (χ2n) is 6.85. The summed E-state index contributed by atoms with van der Waals surface area (Å²) in [6.45, 7) is 4.76. The fourth-order valence-corrected chi connectivity index (χ4v) is 3.01. The monoisotopic (exact) mass is 416 g/mol. The van der Waals surface area contributed by atoms with Gasteiger partial charge in [0.25, 0.3) is 11.8 Å². The molecule has 0 bridgehead atoms. The molecule has 154 valence electrons. The molecule has 2 N–H and O–H groups in total. The highest BCUT2D eigenvalue weighted by atomic mass is 35.5. The maximum atomic E-state index is 12.8. The highest BCUT2D eigenvalue weighted by Gasteiger charge is 2.24. The van der Waals surface area contributed by atoms with E-state index >= 15 is 0 Å². The smallest absolute Gasteiger partial charge is 0.255 e. The highest BCUT2D eigenvalue weighted by molar-refractivity contribution is 6.32. The van der Waals surface area contributed by atoms with Crippen LogP contribution in [-0.2, 0) is 0 Å². The van der Waals surface area contributed by atoms with E-state index in [4.69, 9.17) is 21.1 Å². The van der Waals surface area contributed by atoms with E-state index in [1.165, 1.54) is 0 Å². The lowest BCUT2D eigenvalue weighted by molar-refractivity contribution is 0.0949. The van der Waals surface area contributed by atoms with E-state index in [0.29, 0.717) is 46.5 Å². The molecule has 1 aliphatic rings. The molecule has 0 heterocycles. The van der Waals surface area contributed by atoms with Gasteiger partial charge in [-0.25, -0.2) is 0 Å². The maximum Gasteiger partial charge on any atom is 0.255 e. The van der Waals surface area contributed by atoms with Crippen LogP contribution in [0.5, 0.6) is 11.5 Å². The summed E-state index contributed by atoms with van der Waals surface area (Å²) < 4.78 is 11.3. The van der Waals surface area contributed by atoms with E-state index in [2.05, 4.69) is 10.6 Å². The summed E-state index contributed by atoms with van der Waals surface area (Å²) >= 11 is 6.34. The van der Waals surface area contributed by atoms with Crippen molar-refractivity contribution in [3.63, 3.8) is 0 Å². The van der Waals surface area contributed by atoms with Crippen molar-refractivity contribution < 1.29 is 19.1 Å². The number of hydrogen-bond donors (Lipinski definition) is 2. The lowest BCUT2D eigenvalue weighted by Gasteiger charge is -2.15. The van der Waals surface area contributed by atoms with Gasteiger partial charge in [0.15, 0.2) is 11.5 Å². The first-order valence-corrected chi connectivity index (χ1v) is 10.2. The molecule has 0 saturated heterocycles. The lowest BCUT2D eigenvalue weighted by atomic mass is 10.1. The zero-order chi connectivity index (χ0) is 20.8. The van der Waals surface area contributed by atoms with E-state index < -0.39 is 0 Å². The molecule has 2 aromatic rings. The van der Waals surface area contributed by atoms with Crippen LogP contribution in [0.1, 0.15) is 53.8 Å². The van der Waals surface area contributed by atoms with Crippen LogP contribution in [0.15, 0.2) is 36.4 Å². The van der Waals surface area contributed by atoms with Crippen LogP contribution >= 0.6 is 11.6 Å². The average molecular weight is 417 g/mol. The predicted octanol–water partition coefficient (Wildman–Crippen LogP) is 4.67. The molecule has 1 aliphatic carbocycles. The molecular weight excluding hydrogens is 392 g/mol. The molecule has 6 nitrogen and oxygen atoms in total. The lowest BCUT2D eigenvalue weighted by Crippen LogP contribution is -2.25. The molecule has 29 heavy (non-hydrogen) atoms. The topological polar surface area (TPSA) is 76.7 Å². The number of carbonyl (C=O) groups excluding carboxylic acids is 2. The Bertz CT molecular complexity index is 896. The van der Waals surface area contributed by atoms with Crippen LogP contribution in [0.25, 0.3) is 0 Å². The van der Waals surface area contributed by atoms with Crippen molar-refractivity contribution in [2.45, 2.75) is 39.2 Å². The molecule has 2 aromatic carbocycles. The maximum absolute atomic E-state index is 12.8. The molecule has 7 heteroatoms. The molecule has 0 aromatic heterocycles. The minimum Gasteiger partial charge on any atom is -0.490 e. The molecule has 0 radical (unpaired) electrons. The molecule has 3 rings (SSSR count). The predicted molar refractivity (Wildman–Crippen MR) is 113 cm³/mol. The van der Waals surface area contributed by atoms with Crippen molar-refractivity contribution >= 4 is 29.1 Å². The van der Waals surface area contributed by atoms with Crippen molar-refractivity contribution in [1.82, 2.24) is 5.32 Å². The highest BCUT2D eigenvalue weighted by Crippen LogP contribution is 2.37. The second-order valence-corrected chi connectivity index (χ2v) is 7.26. The largest absolute Gasteiger partial charge is 0.490 e. The molecule has 0 spiro atoms. The van der Waals surface area contributed by atoms with Crippen LogP contribution in [0, 0.1) is 0 Å². The Morgan fingerprint density at radius 2 is 1.86 bits per heavy atom. The van der Waals surface area contributed by atoms with Gasteiger partial charge in [0.2, 0.25) is 0 Å². The number of benzene rings is 2. The van der Waals surface area contributed by atoms with E-state index in [-0.39, 0.29) is 17.9 Å². The van der Waals surface area contributed by atoms with Crippen LogP contribution in [0.4, 0.5) is 5.69 Å². The van der Waals surface area contributed by atoms with Crippen molar-refractivity contribution in [2.75, 3.05) is 18.5 Å². The Balaban J connectivity index is 1.77. The van der Waals surface area contributed by atoms with Crippen molar-refractivity contribution in [3.8, 4) is 11.5 Å². The van der Waals surface area contributed by atoms with Crippen molar-refractivity contribution in [2.24, 2.45) is 0 Å². The average Bonchev–Trinajstić information content (AvgIpc) is 3.51. The summed E-state index contributed by atoms with van der Waals surface area (Å²) in [5.41, 5.74) is 1.38. The Kier molecular flexibility index (Phi) is 6.99. The summed E-state index contributed by atoms with van der Waals surface area (Å²) in [7, 11) is 0. The first kappa shape index (κ1) is 21.0. The number of halogens is 1. The normalized spacial score (nSPS) is 12.9. The van der Waals surface area contributed by atoms with Gasteiger partial charge in [0.05, 0.1) is 18.2 Å².